The van der Waals surface area contributed by atoms with E-state index in [-0.39, 0.29) is 0 Å². The highest BCUT2D eigenvalue weighted by atomic mass is 16.5. The molecule has 2 aromatic heterocycles. The van der Waals surface area contributed by atoms with E-state index in [1.54, 1.807) is 0 Å². The highest BCUT2D eigenvalue weighted by Gasteiger charge is 2.18. The second-order valence-corrected chi connectivity index (χ2v) is 6.35. The number of aryl methyl sites for hydroxylation is 1. The van der Waals surface area contributed by atoms with Gasteiger partial charge >= 0.3 is 0 Å². The summed E-state index contributed by atoms with van der Waals surface area (Å²) in [5.74, 6) is 1.71. The fourth-order valence-corrected chi connectivity index (χ4v) is 2.98. The van der Waals surface area contributed by atoms with Crippen molar-refractivity contribution in [1.82, 2.24) is 15.0 Å². The zero-order chi connectivity index (χ0) is 17.4. The van der Waals surface area contributed by atoms with Gasteiger partial charge in [-0.3, -0.25) is 4.98 Å². The van der Waals surface area contributed by atoms with Gasteiger partial charge in [0.25, 0.3) is 0 Å². The molecule has 0 aliphatic carbocycles. The maximum atomic E-state index is 5.68. The Hall–Kier alpha value is -3.02. The van der Waals surface area contributed by atoms with Crippen LogP contribution < -0.4 is 15.0 Å². The lowest BCUT2D eigenvalue weighted by molar-refractivity contribution is 0.323. The third-order valence-corrected chi connectivity index (χ3v) is 4.23. The Bertz CT molecular complexity index is 916. The molecule has 0 spiro atoms. The fraction of sp³-hybridized carbons (Fsp3) is 0.263. The number of rotatable bonds is 3. The Morgan fingerprint density at radius 1 is 1.12 bits per heavy atom. The van der Waals surface area contributed by atoms with Gasteiger partial charge in [0.1, 0.15) is 12.4 Å². The van der Waals surface area contributed by atoms with Gasteiger partial charge in [0, 0.05) is 43.7 Å². The van der Waals surface area contributed by atoms with Crippen molar-refractivity contribution < 1.29 is 4.74 Å². The van der Waals surface area contributed by atoms with Crippen LogP contribution in [0.5, 0.6) is 5.75 Å². The van der Waals surface area contributed by atoms with Crippen LogP contribution in [0.2, 0.25) is 0 Å². The molecule has 1 aliphatic heterocycles. The van der Waals surface area contributed by atoms with Crippen molar-refractivity contribution in [1.29, 1.82) is 0 Å². The van der Waals surface area contributed by atoms with Crippen LogP contribution in [0.4, 0.5) is 11.6 Å². The molecule has 6 nitrogen and oxygen atoms in total. The number of imidazole rings is 1. The first-order chi connectivity index (χ1) is 12.1. The number of anilines is 2. The molecule has 1 aliphatic rings. The molecule has 3 heterocycles. The third kappa shape index (κ3) is 2.91. The third-order valence-electron chi connectivity index (χ3n) is 4.23. The number of aromatic nitrogens is 3. The normalized spacial score (nSPS) is 12.9. The van der Waals surface area contributed by atoms with E-state index in [1.165, 1.54) is 0 Å². The summed E-state index contributed by atoms with van der Waals surface area (Å²) in [4.78, 5) is 14.5. The van der Waals surface area contributed by atoms with Gasteiger partial charge in [0.2, 0.25) is 5.95 Å². The molecular formula is C19H21N5O. The molecule has 25 heavy (non-hydrogen) atoms. The van der Waals surface area contributed by atoms with Crippen LogP contribution >= 0.6 is 0 Å². The van der Waals surface area contributed by atoms with E-state index in [4.69, 9.17) is 9.72 Å². The summed E-state index contributed by atoms with van der Waals surface area (Å²) in [6.45, 7) is 3.50. The Balaban J connectivity index is 1.86. The summed E-state index contributed by atoms with van der Waals surface area (Å²) in [5, 5.41) is 3.39. The highest BCUT2D eigenvalue weighted by molar-refractivity contribution is 5.82. The van der Waals surface area contributed by atoms with Crippen LogP contribution in [0.3, 0.4) is 0 Å². The smallest absolute Gasteiger partial charge is 0.203 e. The number of ether oxygens (including phenoxy) is 1. The van der Waals surface area contributed by atoms with Gasteiger partial charge in [-0.15, -0.1) is 0 Å². The second kappa shape index (κ2) is 6.12. The molecule has 0 unspecified atom stereocenters. The molecule has 1 aromatic carbocycles. The van der Waals surface area contributed by atoms with Gasteiger partial charge in [-0.05, 0) is 37.3 Å². The fourth-order valence-electron chi connectivity index (χ4n) is 2.98. The predicted molar refractivity (Wildman–Crippen MR) is 100 cm³/mol. The van der Waals surface area contributed by atoms with E-state index in [1.807, 2.05) is 44.2 Å². The maximum Gasteiger partial charge on any atom is 0.203 e. The van der Waals surface area contributed by atoms with E-state index >= 15 is 0 Å². The van der Waals surface area contributed by atoms with Crippen LogP contribution in [0.15, 0.2) is 36.5 Å². The summed E-state index contributed by atoms with van der Waals surface area (Å²) in [6, 6.07) is 10.2. The largest absolute Gasteiger partial charge is 0.490 e. The lowest BCUT2D eigenvalue weighted by Gasteiger charge is -2.19. The van der Waals surface area contributed by atoms with E-state index in [2.05, 4.69) is 33.5 Å². The molecule has 0 saturated carbocycles. The molecule has 0 atom stereocenters. The SMILES string of the molecule is Cc1cc(-c2[nH]c(N(C)C)nc2-c2ccc3c(c2)NCCO3)ccn1. The molecule has 0 bridgehead atoms. The zero-order valence-corrected chi connectivity index (χ0v) is 14.6. The topological polar surface area (TPSA) is 66.1 Å². The molecule has 2 N–H and O–H groups in total. The molecule has 6 heteroatoms. The first-order valence-corrected chi connectivity index (χ1v) is 8.33. The molecule has 4 rings (SSSR count). The number of benzene rings is 1. The van der Waals surface area contributed by atoms with Gasteiger partial charge in [0.15, 0.2) is 0 Å². The Kier molecular flexibility index (Phi) is 3.80. The van der Waals surface area contributed by atoms with Crippen LogP contribution in [0.1, 0.15) is 5.69 Å². The quantitative estimate of drug-likeness (QED) is 0.769. The van der Waals surface area contributed by atoms with Crippen molar-refractivity contribution in [3.8, 4) is 28.3 Å². The minimum absolute atomic E-state index is 0.696. The average molecular weight is 335 g/mol. The van der Waals surface area contributed by atoms with Crippen molar-refractivity contribution in [3.05, 3.63) is 42.2 Å². The number of hydrogen-bond donors (Lipinski definition) is 2. The number of aromatic amines is 1. The van der Waals surface area contributed by atoms with Gasteiger partial charge in [-0.25, -0.2) is 4.98 Å². The Labute approximate surface area is 146 Å². The second-order valence-electron chi connectivity index (χ2n) is 6.35. The predicted octanol–water partition coefficient (Wildman–Crippen LogP) is 3.32. The number of pyridine rings is 1. The summed E-state index contributed by atoms with van der Waals surface area (Å²) in [6.07, 6.45) is 1.83. The van der Waals surface area contributed by atoms with Crippen molar-refractivity contribution in [2.24, 2.45) is 0 Å². The summed E-state index contributed by atoms with van der Waals surface area (Å²) in [5.41, 5.74) is 6.02. The monoisotopic (exact) mass is 335 g/mol. The number of H-pyrrole nitrogens is 1. The average Bonchev–Trinajstić information content (AvgIpc) is 3.07. The minimum atomic E-state index is 0.696. The van der Waals surface area contributed by atoms with Gasteiger partial charge in [0.05, 0.1) is 17.1 Å². The number of hydrogen-bond acceptors (Lipinski definition) is 5. The van der Waals surface area contributed by atoms with Crippen LogP contribution in [-0.2, 0) is 0 Å². The first-order valence-electron chi connectivity index (χ1n) is 8.33. The van der Waals surface area contributed by atoms with E-state index < -0.39 is 0 Å². The summed E-state index contributed by atoms with van der Waals surface area (Å²) in [7, 11) is 3.96. The van der Waals surface area contributed by atoms with Gasteiger partial charge in [-0.1, -0.05) is 0 Å². The van der Waals surface area contributed by atoms with Crippen LogP contribution in [0.25, 0.3) is 22.5 Å². The highest BCUT2D eigenvalue weighted by Crippen LogP contribution is 2.36. The molecule has 0 saturated heterocycles. The van der Waals surface area contributed by atoms with Gasteiger partial charge < -0.3 is 19.9 Å². The minimum Gasteiger partial charge on any atom is -0.490 e. The Morgan fingerprint density at radius 3 is 2.80 bits per heavy atom. The standard InChI is InChI=1S/C19H21N5O/c1-12-10-14(6-7-20-12)18-17(22-19(23-18)24(2)3)13-4-5-16-15(11-13)21-8-9-25-16/h4-7,10-11,21H,8-9H2,1-3H3,(H,22,23). The van der Waals surface area contributed by atoms with Crippen molar-refractivity contribution in [2.45, 2.75) is 6.92 Å². The molecule has 128 valence electrons. The van der Waals surface area contributed by atoms with Crippen LogP contribution in [-0.4, -0.2) is 42.2 Å². The first kappa shape index (κ1) is 15.5. The molecular weight excluding hydrogens is 314 g/mol. The number of nitrogens with one attached hydrogen (secondary N) is 2. The maximum absolute atomic E-state index is 5.68. The van der Waals surface area contributed by atoms with Crippen molar-refractivity contribution in [3.63, 3.8) is 0 Å². The molecule has 0 amide bonds. The molecule has 3 aromatic rings. The summed E-state index contributed by atoms with van der Waals surface area (Å²) >= 11 is 0. The van der Waals surface area contributed by atoms with Crippen LogP contribution in [0, 0.1) is 6.92 Å². The lowest BCUT2D eigenvalue weighted by Crippen LogP contribution is -2.17. The van der Waals surface area contributed by atoms with Crippen molar-refractivity contribution in [2.75, 3.05) is 37.5 Å². The summed E-state index contributed by atoms with van der Waals surface area (Å²) < 4.78 is 5.68. The van der Waals surface area contributed by atoms with E-state index in [0.29, 0.717) is 6.61 Å². The molecule has 0 fully saturated rings. The Morgan fingerprint density at radius 2 is 2.00 bits per heavy atom. The lowest BCUT2D eigenvalue weighted by atomic mass is 10.0. The van der Waals surface area contributed by atoms with E-state index in [0.717, 1.165) is 52.1 Å². The number of nitrogens with zero attached hydrogens (tertiary/aromatic N) is 3. The van der Waals surface area contributed by atoms with E-state index in [9.17, 15) is 0 Å². The van der Waals surface area contributed by atoms with Gasteiger partial charge in [-0.2, -0.15) is 0 Å². The van der Waals surface area contributed by atoms with Crippen molar-refractivity contribution >= 4 is 11.6 Å². The molecule has 0 radical (unpaired) electrons. The number of fused-ring (bicyclic) bond motifs is 1. The zero-order valence-electron chi connectivity index (χ0n) is 14.6.